The van der Waals surface area contributed by atoms with E-state index >= 15 is 0 Å². The number of carbonyl (C=O) groups excluding carboxylic acids is 1. The van der Waals surface area contributed by atoms with Crippen molar-refractivity contribution < 1.29 is 9.18 Å². The van der Waals surface area contributed by atoms with Crippen LogP contribution in [0.5, 0.6) is 0 Å². The summed E-state index contributed by atoms with van der Waals surface area (Å²) in [6.45, 7) is 0. The molecular formula is C12H10ClFN4O. The first kappa shape index (κ1) is 12.1. The number of nitrogens with one attached hydrogen (secondary N) is 1. The highest BCUT2D eigenvalue weighted by Gasteiger charge is 2.43. The quantitative estimate of drug-likeness (QED) is 0.826. The van der Waals surface area contributed by atoms with Crippen LogP contribution in [-0.4, -0.2) is 22.0 Å². The third-order valence-electron chi connectivity index (χ3n) is 3.01. The molecule has 0 spiro atoms. The summed E-state index contributed by atoms with van der Waals surface area (Å²) in [5, 5.41) is 4.20. The molecule has 0 aliphatic heterocycles. The van der Waals surface area contributed by atoms with Gasteiger partial charge in [-0.1, -0.05) is 11.6 Å². The van der Waals surface area contributed by atoms with Gasteiger partial charge in [0.2, 0.25) is 5.91 Å². The molecule has 2 atom stereocenters. The average Bonchev–Trinajstić information content (AvgIpc) is 3.05. The third kappa shape index (κ3) is 2.31. The standard InChI is InChI=1S/C12H10ClFN4O/c13-9-1-5-2-10(16-4-7(5)11(15)17-9)18-12(19)6-3-8(6)14/h1-2,4,6,8H,3H2,(H2,15,17)(H,16,18,19)/t6-,8+/m1/s1. The molecule has 2 aromatic rings. The topological polar surface area (TPSA) is 80.9 Å². The Kier molecular flexibility index (Phi) is 2.74. The number of carbonyl (C=O) groups is 1. The number of nitrogens with two attached hydrogens (primary N) is 1. The first-order chi connectivity index (χ1) is 9.04. The van der Waals surface area contributed by atoms with Crippen LogP contribution in [0.25, 0.3) is 10.8 Å². The Labute approximate surface area is 113 Å². The molecule has 0 bridgehead atoms. The predicted molar refractivity (Wildman–Crippen MR) is 70.6 cm³/mol. The SMILES string of the molecule is Nc1nc(Cl)cc2cc(NC(=O)[C@@H]3C[C@@H]3F)ncc12. The number of rotatable bonds is 2. The zero-order valence-corrected chi connectivity index (χ0v) is 10.5. The van der Waals surface area contributed by atoms with Gasteiger partial charge in [0, 0.05) is 11.6 Å². The van der Waals surface area contributed by atoms with Crippen LogP contribution in [-0.2, 0) is 4.79 Å². The minimum atomic E-state index is -1.03. The van der Waals surface area contributed by atoms with Gasteiger partial charge in [0.1, 0.15) is 23.0 Å². The van der Waals surface area contributed by atoms with E-state index in [0.717, 1.165) is 5.39 Å². The van der Waals surface area contributed by atoms with Crippen molar-refractivity contribution in [1.29, 1.82) is 0 Å². The molecule has 98 valence electrons. The molecule has 2 heterocycles. The first-order valence-electron chi connectivity index (χ1n) is 5.71. The van der Waals surface area contributed by atoms with Gasteiger partial charge in [-0.2, -0.15) is 0 Å². The summed E-state index contributed by atoms with van der Waals surface area (Å²) in [4.78, 5) is 19.6. The molecule has 0 aromatic carbocycles. The molecule has 2 aromatic heterocycles. The average molecular weight is 281 g/mol. The summed E-state index contributed by atoms with van der Waals surface area (Å²) in [6, 6.07) is 3.26. The third-order valence-corrected chi connectivity index (χ3v) is 3.21. The number of anilines is 2. The fraction of sp³-hybridized carbons (Fsp3) is 0.250. The molecule has 3 N–H and O–H groups in total. The second-order valence-electron chi connectivity index (χ2n) is 4.47. The van der Waals surface area contributed by atoms with Crippen molar-refractivity contribution in [2.75, 3.05) is 11.1 Å². The number of hydrogen-bond acceptors (Lipinski definition) is 4. The monoisotopic (exact) mass is 280 g/mol. The van der Waals surface area contributed by atoms with E-state index < -0.39 is 12.1 Å². The second kappa shape index (κ2) is 4.31. The minimum absolute atomic E-state index is 0.263. The van der Waals surface area contributed by atoms with Gasteiger partial charge in [0.25, 0.3) is 0 Å². The number of nitrogen functional groups attached to an aromatic ring is 1. The highest BCUT2D eigenvalue weighted by Crippen LogP contribution is 2.34. The Hall–Kier alpha value is -1.95. The van der Waals surface area contributed by atoms with Gasteiger partial charge in [-0.05, 0) is 23.9 Å². The molecular weight excluding hydrogens is 271 g/mol. The van der Waals surface area contributed by atoms with Gasteiger partial charge < -0.3 is 11.1 Å². The molecule has 0 saturated heterocycles. The summed E-state index contributed by atoms with van der Waals surface area (Å²) in [5.74, 6) is -0.284. The maximum Gasteiger partial charge on any atom is 0.231 e. The fourth-order valence-electron chi connectivity index (χ4n) is 1.86. The minimum Gasteiger partial charge on any atom is -0.383 e. The molecule has 1 aliphatic carbocycles. The van der Waals surface area contributed by atoms with Crippen LogP contribution in [0.3, 0.4) is 0 Å². The summed E-state index contributed by atoms with van der Waals surface area (Å²) >= 11 is 5.81. The number of nitrogens with zero attached hydrogens (tertiary/aromatic N) is 2. The Morgan fingerprint density at radius 2 is 2.26 bits per heavy atom. The van der Waals surface area contributed by atoms with E-state index in [1.54, 1.807) is 12.1 Å². The van der Waals surface area contributed by atoms with E-state index in [1.807, 2.05) is 0 Å². The molecule has 19 heavy (non-hydrogen) atoms. The van der Waals surface area contributed by atoms with Gasteiger partial charge in [0.15, 0.2) is 0 Å². The van der Waals surface area contributed by atoms with E-state index in [4.69, 9.17) is 17.3 Å². The lowest BCUT2D eigenvalue weighted by Gasteiger charge is -2.06. The Balaban J connectivity index is 1.91. The van der Waals surface area contributed by atoms with Crippen LogP contribution in [0, 0.1) is 5.92 Å². The predicted octanol–water partition coefficient (Wildman–Crippen LogP) is 2.16. The summed E-state index contributed by atoms with van der Waals surface area (Å²) in [6.07, 6.45) is 0.751. The molecule has 3 rings (SSSR count). The number of fused-ring (bicyclic) bond motifs is 1. The molecule has 1 amide bonds. The van der Waals surface area contributed by atoms with Crippen LogP contribution in [0.2, 0.25) is 5.15 Å². The smallest absolute Gasteiger partial charge is 0.231 e. The first-order valence-corrected chi connectivity index (χ1v) is 6.09. The van der Waals surface area contributed by atoms with Gasteiger partial charge >= 0.3 is 0 Å². The molecule has 0 radical (unpaired) electrons. The van der Waals surface area contributed by atoms with Crippen molar-refractivity contribution in [2.45, 2.75) is 12.6 Å². The number of pyridine rings is 2. The van der Waals surface area contributed by atoms with E-state index in [2.05, 4.69) is 15.3 Å². The Bertz CT molecular complexity index is 678. The number of alkyl halides is 1. The van der Waals surface area contributed by atoms with E-state index in [0.29, 0.717) is 11.2 Å². The van der Waals surface area contributed by atoms with Crippen LogP contribution >= 0.6 is 11.6 Å². The van der Waals surface area contributed by atoms with Crippen LogP contribution in [0.4, 0.5) is 16.0 Å². The Morgan fingerprint density at radius 3 is 2.95 bits per heavy atom. The zero-order valence-electron chi connectivity index (χ0n) is 9.73. The number of amides is 1. The second-order valence-corrected chi connectivity index (χ2v) is 4.86. The van der Waals surface area contributed by atoms with Crippen molar-refractivity contribution in [3.8, 4) is 0 Å². The molecule has 7 heteroatoms. The van der Waals surface area contributed by atoms with Crippen molar-refractivity contribution in [3.05, 3.63) is 23.5 Å². The number of hydrogen-bond donors (Lipinski definition) is 2. The highest BCUT2D eigenvalue weighted by atomic mass is 35.5. The zero-order chi connectivity index (χ0) is 13.6. The maximum absolute atomic E-state index is 12.8. The van der Waals surface area contributed by atoms with Crippen molar-refractivity contribution in [1.82, 2.24) is 9.97 Å². The number of aromatic nitrogens is 2. The van der Waals surface area contributed by atoms with Crippen LogP contribution in [0.1, 0.15) is 6.42 Å². The highest BCUT2D eigenvalue weighted by molar-refractivity contribution is 6.30. The van der Waals surface area contributed by atoms with E-state index in [9.17, 15) is 9.18 Å². The molecule has 1 aliphatic rings. The van der Waals surface area contributed by atoms with E-state index in [1.165, 1.54) is 6.20 Å². The largest absolute Gasteiger partial charge is 0.383 e. The lowest BCUT2D eigenvalue weighted by molar-refractivity contribution is -0.117. The van der Waals surface area contributed by atoms with Crippen molar-refractivity contribution in [2.24, 2.45) is 5.92 Å². The summed E-state index contributed by atoms with van der Waals surface area (Å²) in [7, 11) is 0. The molecule has 1 saturated carbocycles. The molecule has 1 fully saturated rings. The van der Waals surface area contributed by atoms with Gasteiger partial charge in [-0.3, -0.25) is 4.79 Å². The van der Waals surface area contributed by atoms with Crippen LogP contribution in [0.15, 0.2) is 18.3 Å². The van der Waals surface area contributed by atoms with Gasteiger partial charge in [0.05, 0.1) is 5.92 Å². The normalized spacial score (nSPS) is 21.4. The Morgan fingerprint density at radius 1 is 1.53 bits per heavy atom. The van der Waals surface area contributed by atoms with Crippen molar-refractivity contribution in [3.63, 3.8) is 0 Å². The van der Waals surface area contributed by atoms with Gasteiger partial charge in [-0.25, -0.2) is 14.4 Å². The molecule has 0 unspecified atom stereocenters. The fourth-order valence-corrected chi connectivity index (χ4v) is 2.07. The van der Waals surface area contributed by atoms with Gasteiger partial charge in [-0.15, -0.1) is 0 Å². The maximum atomic E-state index is 12.8. The summed E-state index contributed by atoms with van der Waals surface area (Å²) < 4.78 is 12.8. The number of halogens is 2. The van der Waals surface area contributed by atoms with Crippen LogP contribution < -0.4 is 11.1 Å². The van der Waals surface area contributed by atoms with Crippen molar-refractivity contribution >= 4 is 39.9 Å². The van der Waals surface area contributed by atoms with E-state index in [-0.39, 0.29) is 23.3 Å². The lowest BCUT2D eigenvalue weighted by Crippen LogP contribution is -2.15. The molecule has 5 nitrogen and oxygen atoms in total. The summed E-state index contributed by atoms with van der Waals surface area (Å²) in [5.41, 5.74) is 5.71. The lowest BCUT2D eigenvalue weighted by atomic mass is 10.2.